The van der Waals surface area contributed by atoms with E-state index in [4.69, 9.17) is 37.0 Å². The van der Waals surface area contributed by atoms with E-state index in [1.165, 1.54) is 135 Å². The molecule has 88 heavy (non-hydrogen) atoms. The molecule has 0 aliphatic carbocycles. The number of aliphatic hydroxyl groups excluding tert-OH is 1. The summed E-state index contributed by atoms with van der Waals surface area (Å²) in [7, 11) is -9.90. The number of rotatable bonds is 66. The van der Waals surface area contributed by atoms with Crippen LogP contribution >= 0.6 is 15.6 Å². The summed E-state index contributed by atoms with van der Waals surface area (Å²) in [5.74, 6) is 0.851. The molecule has 7 atom stereocenters. The van der Waals surface area contributed by atoms with Crippen molar-refractivity contribution >= 4 is 39.5 Å². The maximum atomic E-state index is 13.0. The molecular weight excluding hydrogens is 1160 g/mol. The van der Waals surface area contributed by atoms with Gasteiger partial charge in [0, 0.05) is 25.7 Å². The van der Waals surface area contributed by atoms with Gasteiger partial charge in [-0.15, -0.1) is 0 Å². The van der Waals surface area contributed by atoms with Gasteiger partial charge in [-0.25, -0.2) is 9.13 Å². The van der Waals surface area contributed by atoms with E-state index in [-0.39, 0.29) is 25.7 Å². The minimum atomic E-state index is -4.95. The summed E-state index contributed by atoms with van der Waals surface area (Å²) < 4.78 is 68.2. The third-order valence-corrected chi connectivity index (χ3v) is 18.4. The predicted octanol–water partition coefficient (Wildman–Crippen LogP) is 19.3. The molecule has 0 spiro atoms. The maximum Gasteiger partial charge on any atom is 0.472 e. The Kier molecular flexibility index (Phi) is 57.6. The number of unbranched alkanes of at least 4 members (excludes halogenated alkanes) is 30. The molecule has 4 unspecified atom stereocenters. The molecule has 0 heterocycles. The standard InChI is InChI=1S/C69H134O17P2/c1-9-61(7)47-39-31-25-27-34-42-50-67(72)80-56-65(86-69(74)52-44-36-28-26-32-40-48-62(8)10-2)58-84-88(77,78)82-54-63(70)53-81-87(75,76)83-57-64(85-68(73)51-43-35-24-20-16-15-18-22-30-38-46-60(5)6)55-79-66(71)49-41-33-23-19-14-12-11-13-17-21-29-37-45-59(3)4/h59-65,70H,9-58H2,1-8H3,(H,75,76)(H,77,78)/t61?,62?,63-,64-,65-/m1/s1. The second-order valence-corrected chi connectivity index (χ2v) is 29.3. The molecule has 0 saturated heterocycles. The molecule has 0 bridgehead atoms. The van der Waals surface area contributed by atoms with E-state index in [0.717, 1.165) is 120 Å². The number of carbonyl (C=O) groups is 4. The Morgan fingerprint density at radius 1 is 0.318 bits per heavy atom. The molecular formula is C69H134O17P2. The Morgan fingerprint density at radius 2 is 0.545 bits per heavy atom. The van der Waals surface area contributed by atoms with E-state index in [1.807, 2.05) is 0 Å². The minimum Gasteiger partial charge on any atom is -0.462 e. The van der Waals surface area contributed by atoms with Gasteiger partial charge in [-0.2, -0.15) is 0 Å². The smallest absolute Gasteiger partial charge is 0.462 e. The number of esters is 4. The van der Waals surface area contributed by atoms with Crippen LogP contribution in [0.3, 0.4) is 0 Å². The number of phosphoric ester groups is 2. The molecule has 0 radical (unpaired) electrons. The van der Waals surface area contributed by atoms with E-state index >= 15 is 0 Å². The molecule has 19 heteroatoms. The Labute approximate surface area is 537 Å². The summed E-state index contributed by atoms with van der Waals surface area (Å²) >= 11 is 0. The van der Waals surface area contributed by atoms with Crippen LogP contribution in [0.1, 0.15) is 338 Å². The molecule has 0 aliphatic heterocycles. The Balaban J connectivity index is 5.25. The second-order valence-electron chi connectivity index (χ2n) is 26.4. The summed E-state index contributed by atoms with van der Waals surface area (Å²) in [5.41, 5.74) is 0. The summed E-state index contributed by atoms with van der Waals surface area (Å²) in [6.45, 7) is 14.1. The molecule has 3 N–H and O–H groups in total. The van der Waals surface area contributed by atoms with Gasteiger partial charge >= 0.3 is 39.5 Å². The monoisotopic (exact) mass is 1300 g/mol. The average molecular weight is 1300 g/mol. The number of hydrogen-bond donors (Lipinski definition) is 3. The van der Waals surface area contributed by atoms with Crippen molar-refractivity contribution in [3.05, 3.63) is 0 Å². The second kappa shape index (κ2) is 58.8. The van der Waals surface area contributed by atoms with Crippen molar-refractivity contribution < 1.29 is 80.2 Å². The topological polar surface area (TPSA) is 237 Å². The summed E-state index contributed by atoms with van der Waals surface area (Å²) in [6.07, 6.45) is 40.4. The first-order valence-electron chi connectivity index (χ1n) is 35.8. The van der Waals surface area contributed by atoms with E-state index < -0.39 is 97.5 Å². The van der Waals surface area contributed by atoms with Crippen LogP contribution in [0.15, 0.2) is 0 Å². The normalized spacial score (nSPS) is 14.9. The van der Waals surface area contributed by atoms with Gasteiger partial charge in [-0.05, 0) is 49.4 Å². The fourth-order valence-electron chi connectivity index (χ4n) is 10.2. The van der Waals surface area contributed by atoms with Gasteiger partial charge in [-0.3, -0.25) is 37.3 Å². The SMILES string of the molecule is CCC(C)CCCCCCCCC(=O)OC[C@H](COP(=O)(O)OC[C@H](O)COP(=O)(O)OC[C@@H](COC(=O)CCCCCCCCCCCCCCC(C)C)OC(=O)CCCCCCCCCCCCC(C)C)OC(=O)CCCCCCCCC(C)CC. The number of ether oxygens (including phenoxy) is 4. The first kappa shape index (κ1) is 86.1. The van der Waals surface area contributed by atoms with Gasteiger partial charge in [-0.1, -0.05) is 287 Å². The molecule has 0 saturated carbocycles. The molecule has 0 aliphatic rings. The summed E-state index contributed by atoms with van der Waals surface area (Å²) in [4.78, 5) is 72.5. The Morgan fingerprint density at radius 3 is 0.807 bits per heavy atom. The highest BCUT2D eigenvalue weighted by atomic mass is 31.2. The zero-order valence-corrected chi connectivity index (χ0v) is 59.1. The fourth-order valence-corrected chi connectivity index (χ4v) is 11.8. The van der Waals surface area contributed by atoms with Gasteiger partial charge in [0.2, 0.25) is 0 Å². The van der Waals surface area contributed by atoms with Crippen molar-refractivity contribution in [2.24, 2.45) is 23.7 Å². The molecule has 0 aromatic carbocycles. The number of aliphatic hydroxyl groups is 1. The van der Waals surface area contributed by atoms with Crippen molar-refractivity contribution in [1.29, 1.82) is 0 Å². The largest absolute Gasteiger partial charge is 0.472 e. The van der Waals surface area contributed by atoms with Crippen LogP contribution < -0.4 is 0 Å². The Hall–Kier alpha value is -1.94. The predicted molar refractivity (Wildman–Crippen MR) is 354 cm³/mol. The van der Waals surface area contributed by atoms with Crippen LogP contribution in [0.2, 0.25) is 0 Å². The first-order chi connectivity index (χ1) is 42.2. The van der Waals surface area contributed by atoms with Gasteiger partial charge in [0.1, 0.15) is 19.3 Å². The first-order valence-corrected chi connectivity index (χ1v) is 38.8. The lowest BCUT2D eigenvalue weighted by molar-refractivity contribution is -0.161. The zero-order valence-electron chi connectivity index (χ0n) is 57.3. The van der Waals surface area contributed by atoms with E-state index in [1.54, 1.807) is 0 Å². The molecule has 522 valence electrons. The maximum absolute atomic E-state index is 13.0. The average Bonchev–Trinajstić information content (AvgIpc) is 3.70. The van der Waals surface area contributed by atoms with E-state index in [9.17, 15) is 43.2 Å². The molecule has 0 amide bonds. The van der Waals surface area contributed by atoms with Crippen LogP contribution in [0, 0.1) is 23.7 Å². The van der Waals surface area contributed by atoms with Gasteiger partial charge in [0.15, 0.2) is 12.2 Å². The highest BCUT2D eigenvalue weighted by Crippen LogP contribution is 2.45. The van der Waals surface area contributed by atoms with Crippen LogP contribution in [0.4, 0.5) is 0 Å². The summed E-state index contributed by atoms with van der Waals surface area (Å²) in [5, 5.41) is 10.6. The molecule has 0 aromatic heterocycles. The third-order valence-electron chi connectivity index (χ3n) is 16.5. The van der Waals surface area contributed by atoms with Crippen molar-refractivity contribution in [2.45, 2.75) is 356 Å². The van der Waals surface area contributed by atoms with Gasteiger partial charge < -0.3 is 33.8 Å². The van der Waals surface area contributed by atoms with Crippen LogP contribution in [0.25, 0.3) is 0 Å². The van der Waals surface area contributed by atoms with Gasteiger partial charge in [0.05, 0.1) is 26.4 Å². The highest BCUT2D eigenvalue weighted by Gasteiger charge is 2.30. The van der Waals surface area contributed by atoms with Crippen LogP contribution in [0.5, 0.6) is 0 Å². The molecule has 0 fully saturated rings. The third kappa shape index (κ3) is 60.3. The number of carbonyl (C=O) groups excluding carboxylic acids is 4. The molecule has 0 aromatic rings. The van der Waals surface area contributed by atoms with E-state index in [2.05, 4.69) is 55.4 Å². The van der Waals surface area contributed by atoms with Gasteiger partial charge in [0.25, 0.3) is 0 Å². The zero-order chi connectivity index (χ0) is 65.4. The van der Waals surface area contributed by atoms with Crippen LogP contribution in [-0.2, 0) is 65.4 Å². The lowest BCUT2D eigenvalue weighted by atomic mass is 10.00. The number of hydrogen-bond acceptors (Lipinski definition) is 15. The van der Waals surface area contributed by atoms with E-state index in [0.29, 0.717) is 25.7 Å². The Bertz CT molecular complexity index is 1750. The molecule has 0 rings (SSSR count). The van der Waals surface area contributed by atoms with Crippen molar-refractivity contribution in [2.75, 3.05) is 39.6 Å². The fraction of sp³-hybridized carbons (Fsp3) is 0.942. The number of phosphoric acid groups is 2. The summed E-state index contributed by atoms with van der Waals surface area (Å²) in [6, 6.07) is 0. The lowest BCUT2D eigenvalue weighted by Gasteiger charge is -2.21. The van der Waals surface area contributed by atoms with Crippen molar-refractivity contribution in [3.63, 3.8) is 0 Å². The highest BCUT2D eigenvalue weighted by molar-refractivity contribution is 7.47. The van der Waals surface area contributed by atoms with Crippen LogP contribution in [-0.4, -0.2) is 96.7 Å². The molecule has 17 nitrogen and oxygen atoms in total. The quantitative estimate of drug-likeness (QED) is 0.0222. The minimum absolute atomic E-state index is 0.102. The van der Waals surface area contributed by atoms with Crippen molar-refractivity contribution in [3.8, 4) is 0 Å². The lowest BCUT2D eigenvalue weighted by Crippen LogP contribution is -2.30. The van der Waals surface area contributed by atoms with Crippen molar-refractivity contribution in [1.82, 2.24) is 0 Å².